The number of nitrogens with zero attached hydrogens (tertiary/aromatic N) is 4. The van der Waals surface area contributed by atoms with E-state index in [1.54, 1.807) is 0 Å². The highest BCUT2D eigenvalue weighted by Gasteiger charge is 2.30. The molecule has 1 aliphatic carbocycles. The second-order valence-electron chi connectivity index (χ2n) is 10.3. The molecule has 1 aliphatic rings. The van der Waals surface area contributed by atoms with E-state index >= 15 is 4.79 Å². The van der Waals surface area contributed by atoms with Gasteiger partial charge in [0.1, 0.15) is 12.3 Å². The number of aromatic nitrogens is 2. The Bertz CT molecular complexity index is 2410. The first-order chi connectivity index (χ1) is 28.4. The second-order valence-corrected chi connectivity index (χ2v) is 11.3. The number of halogens is 4. The van der Waals surface area contributed by atoms with E-state index in [0.29, 0.717) is 36.7 Å². The average molecular weight is 696 g/mol. The van der Waals surface area contributed by atoms with Gasteiger partial charge in [0.25, 0.3) is 5.56 Å². The summed E-state index contributed by atoms with van der Waals surface area (Å²) in [6.45, 7) is -16.7. The topological polar surface area (TPSA) is 58.4 Å². The van der Waals surface area contributed by atoms with Crippen molar-refractivity contribution in [3.8, 4) is 11.1 Å². The van der Waals surface area contributed by atoms with Crippen LogP contribution in [0.25, 0.3) is 11.1 Å². The summed E-state index contributed by atoms with van der Waals surface area (Å²) in [4.78, 5) is 32.3. The lowest BCUT2D eigenvalue weighted by Gasteiger charge is -2.28. The van der Waals surface area contributed by atoms with E-state index < -0.39 is 103 Å². The zero-order valence-corrected chi connectivity index (χ0v) is 26.7. The molecule has 0 aliphatic heterocycles. The molecule has 3 aromatic carbocycles. The van der Waals surface area contributed by atoms with Gasteiger partial charge in [0.05, 0.1) is 11.0 Å². The quantitative estimate of drug-likeness (QED) is 0.0826. The predicted octanol–water partition coefficient (Wildman–Crippen LogP) is 7.47. The highest BCUT2D eigenvalue weighted by atomic mass is 32.2. The van der Waals surface area contributed by atoms with Crippen LogP contribution in [0.15, 0.2) is 82.7 Å². The van der Waals surface area contributed by atoms with Gasteiger partial charge in [-0.3, -0.25) is 9.59 Å². The Morgan fingerprint density at radius 3 is 2.19 bits per heavy atom. The first kappa shape index (κ1) is 20.5. The van der Waals surface area contributed by atoms with Crippen LogP contribution in [0.1, 0.15) is 69.3 Å². The third-order valence-electron chi connectivity index (χ3n) is 7.00. The second kappa shape index (κ2) is 15.5. The van der Waals surface area contributed by atoms with Gasteiger partial charge in [0, 0.05) is 51.6 Å². The Morgan fingerprint density at radius 1 is 0.979 bits per heavy atom. The highest BCUT2D eigenvalue weighted by molar-refractivity contribution is 7.98. The van der Waals surface area contributed by atoms with Crippen molar-refractivity contribution in [1.29, 1.82) is 0 Å². The van der Waals surface area contributed by atoms with Gasteiger partial charge < -0.3 is 14.4 Å². The van der Waals surface area contributed by atoms with Gasteiger partial charge in [-0.1, -0.05) is 81.1 Å². The van der Waals surface area contributed by atoms with E-state index in [2.05, 4.69) is 4.98 Å². The van der Waals surface area contributed by atoms with Crippen molar-refractivity contribution in [3.63, 3.8) is 0 Å². The number of alkyl halides is 3. The molecule has 0 fully saturated rings. The first-order valence-electron chi connectivity index (χ1n) is 21.9. The van der Waals surface area contributed by atoms with Crippen LogP contribution in [0.4, 0.5) is 17.6 Å². The van der Waals surface area contributed by atoms with Gasteiger partial charge in [0.15, 0.2) is 5.16 Å². The summed E-state index contributed by atoms with van der Waals surface area (Å²) in [5.41, 5.74) is -3.80. The first-order valence-corrected chi connectivity index (χ1v) is 15.4. The van der Waals surface area contributed by atoms with Crippen LogP contribution in [0.3, 0.4) is 0 Å². The van der Waals surface area contributed by atoms with Crippen molar-refractivity contribution < 1.29 is 42.9 Å². The largest absolute Gasteiger partial charge is 0.416 e. The summed E-state index contributed by atoms with van der Waals surface area (Å²) in [6.07, 6.45) is -11.1. The third-order valence-corrected chi connectivity index (χ3v) is 8.01. The fourth-order valence-corrected chi connectivity index (χ4v) is 5.45. The Kier molecular flexibility index (Phi) is 6.63. The zero-order chi connectivity index (χ0) is 47.9. The van der Waals surface area contributed by atoms with Crippen LogP contribution >= 0.6 is 11.8 Å². The number of carbonyl (C=O) groups is 1. The minimum atomic E-state index is -4.62. The number of hydrogen-bond acceptors (Lipinski definition) is 5. The van der Waals surface area contributed by atoms with Crippen molar-refractivity contribution in [2.75, 3.05) is 26.0 Å². The van der Waals surface area contributed by atoms with E-state index in [1.807, 2.05) is 0 Å². The van der Waals surface area contributed by atoms with Crippen molar-refractivity contribution >= 4 is 17.7 Å². The van der Waals surface area contributed by atoms with Crippen molar-refractivity contribution in [2.24, 2.45) is 5.89 Å². The molecule has 0 radical (unpaired) electrons. The van der Waals surface area contributed by atoms with E-state index in [-0.39, 0.29) is 31.2 Å². The molecular formula is C37H40F4N4O2S. The van der Waals surface area contributed by atoms with Gasteiger partial charge in [-0.15, -0.1) is 0 Å². The molecular weight excluding hydrogens is 640 g/mol. The molecule has 0 saturated heterocycles. The Balaban J connectivity index is 1.75. The lowest BCUT2D eigenvalue weighted by Crippen LogP contribution is -2.40. The SMILES string of the molecule is [2H]C([2H])(C)N(C([2H])([2H])C)C([2H])([2H])C([2H])([2H])N(Cc1ccc(-c2ccc(C(F)(F)F)cc2)cc1)C(=O)C([2H])([2H])n1c(SCc2ccc(F)cc2)nc(=O)c2c1C([2H])([2H])C([2H])(C)C2([2H])[2H]. The molecule has 0 bridgehead atoms. The number of amides is 1. The Labute approximate surface area is 303 Å². The van der Waals surface area contributed by atoms with E-state index in [1.165, 1.54) is 48.5 Å². The van der Waals surface area contributed by atoms with Crippen LogP contribution in [0.5, 0.6) is 0 Å². The normalized spacial score (nSPS) is 24.1. The number of thioether (sulfide) groups is 1. The molecule has 0 spiro atoms. The van der Waals surface area contributed by atoms with Crippen LogP contribution in [0, 0.1) is 11.7 Å². The molecule has 0 N–H and O–H groups in total. The average Bonchev–Trinajstić information content (AvgIpc) is 3.24. The smallest absolute Gasteiger partial charge is 0.336 e. The number of carbonyl (C=O) groups excluding carboxylic acids is 1. The number of likely N-dealkylation sites (N-methyl/N-ethyl adjacent to an activating group) is 1. The molecule has 0 saturated carbocycles. The van der Waals surface area contributed by atoms with Crippen LogP contribution < -0.4 is 5.56 Å². The number of fused-ring (bicyclic) bond motifs is 1. The fourth-order valence-electron chi connectivity index (χ4n) is 4.55. The number of hydrogen-bond donors (Lipinski definition) is 0. The maximum absolute atomic E-state index is 15.1. The van der Waals surface area contributed by atoms with Crippen LogP contribution in [-0.4, -0.2) is 51.2 Å². The molecule has 11 heteroatoms. The summed E-state index contributed by atoms with van der Waals surface area (Å²) in [6, 6.07) is 13.9. The monoisotopic (exact) mass is 695 g/mol. The van der Waals surface area contributed by atoms with Crippen molar-refractivity contribution in [2.45, 2.75) is 63.6 Å². The summed E-state index contributed by atoms with van der Waals surface area (Å²) < 4.78 is 186. The van der Waals surface area contributed by atoms with Gasteiger partial charge in [0.2, 0.25) is 5.91 Å². The lowest BCUT2D eigenvalue weighted by molar-refractivity contribution is -0.137. The summed E-state index contributed by atoms with van der Waals surface area (Å²) >= 11 is 0.504. The Hall–Kier alpha value is -3.96. The molecule has 4 aromatic rings. The summed E-state index contributed by atoms with van der Waals surface area (Å²) in [7, 11) is 0. The third kappa shape index (κ3) is 8.73. The number of benzene rings is 3. The van der Waals surface area contributed by atoms with Gasteiger partial charge in [-0.2, -0.15) is 18.2 Å². The molecule has 6 nitrogen and oxygen atoms in total. The van der Waals surface area contributed by atoms with Crippen LogP contribution in [-0.2, 0) is 42.5 Å². The molecule has 1 amide bonds. The fraction of sp³-hybridized carbons (Fsp3) is 0.378. The summed E-state index contributed by atoms with van der Waals surface area (Å²) in [5.74, 6) is -5.83. The van der Waals surface area contributed by atoms with E-state index in [0.717, 1.165) is 31.2 Å². The minimum absolute atomic E-state index is 0.0391. The lowest BCUT2D eigenvalue weighted by atomic mass is 10.0. The Morgan fingerprint density at radius 2 is 1.58 bits per heavy atom. The molecule has 1 unspecified atom stereocenters. The van der Waals surface area contributed by atoms with Crippen LogP contribution in [0.2, 0.25) is 0 Å². The molecule has 48 heavy (non-hydrogen) atoms. The van der Waals surface area contributed by atoms with Gasteiger partial charge >= 0.3 is 6.18 Å². The molecule has 1 aromatic heterocycles. The molecule has 254 valence electrons. The standard InChI is InChI=1S/C37H40F4N4O2S/c1-4-43(5-2)18-19-44(22-26-6-10-28(11-7-26)29-12-14-30(15-13-29)37(39,40)41)34(46)23-45-33-21-25(3)20-32(33)35(47)42-36(45)48-24-27-8-16-31(38)17-9-27/h6-17,25H,4-5,18-24H2,1-3H3/i4D2,5D2,18D2,19D2,20D2,21D2,23D2,25D. The van der Waals surface area contributed by atoms with Crippen molar-refractivity contribution in [3.05, 3.63) is 117 Å². The van der Waals surface area contributed by atoms with Gasteiger partial charge in [-0.05, 0) is 78.2 Å². The summed E-state index contributed by atoms with van der Waals surface area (Å²) in [5, 5.41) is -0.792. The highest BCUT2D eigenvalue weighted by Crippen LogP contribution is 2.32. The predicted molar refractivity (Wildman–Crippen MR) is 181 cm³/mol. The maximum Gasteiger partial charge on any atom is 0.416 e. The van der Waals surface area contributed by atoms with E-state index in [9.17, 15) is 27.8 Å². The maximum atomic E-state index is 15.1. The minimum Gasteiger partial charge on any atom is -0.336 e. The molecule has 1 atom stereocenters. The van der Waals surface area contributed by atoms with Gasteiger partial charge in [-0.25, -0.2) is 4.39 Å². The molecule has 5 rings (SSSR count). The van der Waals surface area contributed by atoms with Crippen molar-refractivity contribution in [1.82, 2.24) is 19.4 Å². The number of rotatable bonds is 13. The zero-order valence-electron chi connectivity index (χ0n) is 40.9. The molecule has 1 heterocycles. The van der Waals surface area contributed by atoms with E-state index in [4.69, 9.17) is 15.1 Å².